The summed E-state index contributed by atoms with van der Waals surface area (Å²) in [6.07, 6.45) is 1.34. The Morgan fingerprint density at radius 3 is 2.53 bits per heavy atom. The van der Waals surface area contributed by atoms with Crippen LogP contribution in [-0.2, 0) is 0 Å². The van der Waals surface area contributed by atoms with Gasteiger partial charge in [0.1, 0.15) is 11.7 Å². The highest BCUT2D eigenvalue weighted by Gasteiger charge is 2.34. The average molecular weight is 214 g/mol. The highest BCUT2D eigenvalue weighted by Crippen LogP contribution is 2.22. The normalized spacial score (nSPS) is 14.5. The number of rotatable bonds is 5. The first-order valence-corrected chi connectivity index (χ1v) is 4.31. The van der Waals surface area contributed by atoms with Gasteiger partial charge in [0.05, 0.1) is 6.26 Å². The molecule has 1 aromatic heterocycles. The Hall–Kier alpha value is -1.92. The van der Waals surface area contributed by atoms with Gasteiger partial charge in [-0.15, -0.1) is 0 Å². The van der Waals surface area contributed by atoms with Crippen molar-refractivity contribution in [3.05, 3.63) is 44.4 Å². The topological polar surface area (TPSA) is 99.4 Å². The van der Waals surface area contributed by atoms with Crippen molar-refractivity contribution in [2.45, 2.75) is 18.9 Å². The summed E-state index contributed by atoms with van der Waals surface area (Å²) in [5, 5.41) is 20.9. The van der Waals surface area contributed by atoms with Crippen molar-refractivity contribution < 1.29 is 14.3 Å². The highest BCUT2D eigenvalue weighted by molar-refractivity contribution is 5.06. The SMILES string of the molecule is CC(C(C[N+](=O)[O-])c1ccco1)[N+](=O)[O-]. The minimum Gasteiger partial charge on any atom is -0.469 e. The molecule has 1 rings (SSSR count). The van der Waals surface area contributed by atoms with E-state index in [-0.39, 0.29) is 5.76 Å². The molecule has 0 fully saturated rings. The Kier molecular flexibility index (Phi) is 3.37. The number of hydrogen-bond donors (Lipinski definition) is 0. The molecule has 0 saturated carbocycles. The van der Waals surface area contributed by atoms with Crippen LogP contribution in [0.3, 0.4) is 0 Å². The second-order valence-corrected chi connectivity index (χ2v) is 3.16. The fraction of sp³-hybridized carbons (Fsp3) is 0.500. The maximum absolute atomic E-state index is 10.6. The molecule has 0 aliphatic rings. The lowest BCUT2D eigenvalue weighted by Gasteiger charge is -2.11. The minimum atomic E-state index is -1.04. The van der Waals surface area contributed by atoms with Gasteiger partial charge in [0.25, 0.3) is 0 Å². The van der Waals surface area contributed by atoms with Gasteiger partial charge in [0, 0.05) is 16.8 Å². The largest absolute Gasteiger partial charge is 0.469 e. The molecule has 0 radical (unpaired) electrons. The molecule has 7 nitrogen and oxygen atoms in total. The van der Waals surface area contributed by atoms with Crippen LogP contribution in [0.25, 0.3) is 0 Å². The van der Waals surface area contributed by atoms with Crippen molar-refractivity contribution >= 4 is 0 Å². The maximum Gasteiger partial charge on any atom is 0.226 e. The molecular weight excluding hydrogens is 204 g/mol. The zero-order valence-corrected chi connectivity index (χ0v) is 8.03. The quantitative estimate of drug-likeness (QED) is 0.543. The fourth-order valence-corrected chi connectivity index (χ4v) is 1.29. The van der Waals surface area contributed by atoms with Crippen LogP contribution in [-0.4, -0.2) is 22.4 Å². The summed E-state index contributed by atoms with van der Waals surface area (Å²) in [6, 6.07) is 2.02. The average Bonchev–Trinajstić information content (AvgIpc) is 2.65. The highest BCUT2D eigenvalue weighted by atomic mass is 16.6. The predicted molar refractivity (Wildman–Crippen MR) is 49.8 cm³/mol. The Bertz CT molecular complexity index is 348. The summed E-state index contributed by atoms with van der Waals surface area (Å²) in [6.45, 7) is 0.826. The molecular formula is C8H10N2O5. The van der Waals surface area contributed by atoms with Crippen molar-refractivity contribution in [2.24, 2.45) is 0 Å². The lowest BCUT2D eigenvalue weighted by Crippen LogP contribution is -2.29. The van der Waals surface area contributed by atoms with Gasteiger partial charge in [0.15, 0.2) is 0 Å². The Morgan fingerprint density at radius 1 is 1.47 bits per heavy atom. The standard InChI is InChI=1S/C8H10N2O5/c1-6(10(13)14)7(5-9(11)12)8-3-2-4-15-8/h2-4,6-7H,5H2,1H3. The summed E-state index contributed by atoms with van der Waals surface area (Å²) in [5.41, 5.74) is 0. The van der Waals surface area contributed by atoms with Gasteiger partial charge in [-0.25, -0.2) is 0 Å². The van der Waals surface area contributed by atoms with Crippen LogP contribution in [0.1, 0.15) is 18.6 Å². The van der Waals surface area contributed by atoms with Crippen LogP contribution in [0.4, 0.5) is 0 Å². The van der Waals surface area contributed by atoms with Crippen LogP contribution < -0.4 is 0 Å². The van der Waals surface area contributed by atoms with E-state index in [0.717, 1.165) is 0 Å². The van der Waals surface area contributed by atoms with Crippen LogP contribution in [0, 0.1) is 20.2 Å². The van der Waals surface area contributed by atoms with Gasteiger partial charge < -0.3 is 4.42 Å². The van der Waals surface area contributed by atoms with E-state index >= 15 is 0 Å². The number of nitrogens with zero attached hydrogens (tertiary/aromatic N) is 2. The molecule has 82 valence electrons. The van der Waals surface area contributed by atoms with Crippen molar-refractivity contribution in [3.8, 4) is 0 Å². The summed E-state index contributed by atoms with van der Waals surface area (Å²) in [7, 11) is 0. The molecule has 0 saturated heterocycles. The third kappa shape index (κ3) is 2.76. The number of nitro groups is 2. The first kappa shape index (κ1) is 11.2. The Labute approximate surface area is 85.0 Å². The summed E-state index contributed by atoms with van der Waals surface area (Å²) in [4.78, 5) is 19.8. The van der Waals surface area contributed by atoms with Gasteiger partial charge in [0.2, 0.25) is 12.6 Å². The molecule has 0 spiro atoms. The van der Waals surface area contributed by atoms with Gasteiger partial charge in [-0.3, -0.25) is 20.2 Å². The molecule has 0 aromatic carbocycles. The lowest BCUT2D eigenvalue weighted by molar-refractivity contribution is -0.543. The smallest absolute Gasteiger partial charge is 0.226 e. The summed E-state index contributed by atoms with van der Waals surface area (Å²) >= 11 is 0. The second kappa shape index (κ2) is 4.54. The zero-order chi connectivity index (χ0) is 11.4. The minimum absolute atomic E-state index is 0.274. The maximum atomic E-state index is 10.6. The fourth-order valence-electron chi connectivity index (χ4n) is 1.29. The van der Waals surface area contributed by atoms with Gasteiger partial charge in [-0.2, -0.15) is 0 Å². The van der Waals surface area contributed by atoms with Crippen molar-refractivity contribution in [1.82, 2.24) is 0 Å². The van der Waals surface area contributed by atoms with E-state index in [1.165, 1.54) is 19.3 Å². The van der Waals surface area contributed by atoms with Crippen LogP contribution >= 0.6 is 0 Å². The number of furan rings is 1. The molecule has 1 aromatic rings. The lowest BCUT2D eigenvalue weighted by atomic mass is 9.99. The van der Waals surface area contributed by atoms with Gasteiger partial charge in [-0.1, -0.05) is 0 Å². The molecule has 0 aliphatic carbocycles. The van der Waals surface area contributed by atoms with Crippen LogP contribution in [0.5, 0.6) is 0 Å². The van der Waals surface area contributed by atoms with E-state index in [2.05, 4.69) is 0 Å². The van der Waals surface area contributed by atoms with E-state index in [9.17, 15) is 20.2 Å². The van der Waals surface area contributed by atoms with Crippen molar-refractivity contribution in [1.29, 1.82) is 0 Å². The summed E-state index contributed by atoms with van der Waals surface area (Å²) < 4.78 is 4.96. The molecule has 1 heterocycles. The Morgan fingerprint density at radius 2 is 2.13 bits per heavy atom. The first-order chi connectivity index (χ1) is 7.02. The predicted octanol–water partition coefficient (Wildman–Crippen LogP) is 1.31. The van der Waals surface area contributed by atoms with Gasteiger partial charge >= 0.3 is 0 Å². The molecule has 0 aliphatic heterocycles. The zero-order valence-electron chi connectivity index (χ0n) is 8.03. The van der Waals surface area contributed by atoms with Crippen LogP contribution in [0.2, 0.25) is 0 Å². The van der Waals surface area contributed by atoms with Crippen molar-refractivity contribution in [3.63, 3.8) is 0 Å². The third-order valence-electron chi connectivity index (χ3n) is 2.17. The molecule has 2 atom stereocenters. The molecule has 0 N–H and O–H groups in total. The first-order valence-electron chi connectivity index (χ1n) is 4.31. The van der Waals surface area contributed by atoms with Crippen LogP contribution in [0.15, 0.2) is 22.8 Å². The van der Waals surface area contributed by atoms with E-state index in [1.54, 1.807) is 6.07 Å². The molecule has 0 bridgehead atoms. The third-order valence-corrected chi connectivity index (χ3v) is 2.17. The van der Waals surface area contributed by atoms with Gasteiger partial charge in [-0.05, 0) is 12.1 Å². The van der Waals surface area contributed by atoms with E-state index in [4.69, 9.17) is 4.42 Å². The molecule has 15 heavy (non-hydrogen) atoms. The molecule has 2 unspecified atom stereocenters. The summed E-state index contributed by atoms with van der Waals surface area (Å²) in [5.74, 6) is -0.555. The van der Waals surface area contributed by atoms with Crippen molar-refractivity contribution in [2.75, 3.05) is 6.54 Å². The van der Waals surface area contributed by atoms with E-state index in [1.807, 2.05) is 0 Å². The second-order valence-electron chi connectivity index (χ2n) is 3.16. The van der Waals surface area contributed by atoms with E-state index in [0.29, 0.717) is 0 Å². The number of hydrogen-bond acceptors (Lipinski definition) is 5. The molecule has 7 heteroatoms. The monoisotopic (exact) mass is 214 g/mol. The Balaban J connectivity index is 2.88. The van der Waals surface area contributed by atoms with E-state index < -0.39 is 28.4 Å². The molecule has 0 amide bonds.